The van der Waals surface area contributed by atoms with Crippen LogP contribution in [0.3, 0.4) is 0 Å². The molecule has 2 saturated heterocycles. The smallest absolute Gasteiger partial charge is 0.227 e. The fourth-order valence-electron chi connectivity index (χ4n) is 3.80. The summed E-state index contributed by atoms with van der Waals surface area (Å²) < 4.78 is 5.34. The van der Waals surface area contributed by atoms with Gasteiger partial charge in [0, 0.05) is 43.8 Å². The van der Waals surface area contributed by atoms with Gasteiger partial charge in [-0.1, -0.05) is 18.2 Å². The van der Waals surface area contributed by atoms with Gasteiger partial charge < -0.3 is 15.0 Å². The molecule has 0 atom stereocenters. The Morgan fingerprint density at radius 3 is 2.20 bits per heavy atom. The zero-order chi connectivity index (χ0) is 17.8. The van der Waals surface area contributed by atoms with E-state index in [4.69, 9.17) is 4.74 Å². The molecule has 2 fully saturated rings. The Morgan fingerprint density at radius 1 is 1.00 bits per heavy atom. The van der Waals surface area contributed by atoms with Crippen LogP contribution in [0.25, 0.3) is 0 Å². The molecule has 25 heavy (non-hydrogen) atoms. The third-order valence-electron chi connectivity index (χ3n) is 5.48. The van der Waals surface area contributed by atoms with Gasteiger partial charge in [-0.15, -0.1) is 0 Å². The number of nitrogens with one attached hydrogen (secondary N) is 1. The van der Waals surface area contributed by atoms with Gasteiger partial charge in [0.05, 0.1) is 0 Å². The molecule has 1 aromatic carbocycles. The molecule has 1 N–H and O–H groups in total. The second-order valence-corrected chi connectivity index (χ2v) is 7.24. The minimum Gasteiger partial charge on any atom is -0.381 e. The van der Waals surface area contributed by atoms with Crippen LogP contribution < -0.4 is 5.32 Å². The van der Waals surface area contributed by atoms with Gasteiger partial charge in [-0.2, -0.15) is 0 Å². The van der Waals surface area contributed by atoms with Crippen molar-refractivity contribution < 1.29 is 14.3 Å². The number of anilines is 1. The maximum Gasteiger partial charge on any atom is 0.227 e. The van der Waals surface area contributed by atoms with Gasteiger partial charge in [0.1, 0.15) is 0 Å². The summed E-state index contributed by atoms with van der Waals surface area (Å²) in [5, 5.41) is 3.10. The van der Waals surface area contributed by atoms with Crippen LogP contribution in [0.2, 0.25) is 0 Å². The number of nitrogens with zero attached hydrogens (tertiary/aromatic N) is 1. The fourth-order valence-corrected chi connectivity index (χ4v) is 3.80. The highest BCUT2D eigenvalue weighted by molar-refractivity contribution is 5.94. The van der Waals surface area contributed by atoms with Gasteiger partial charge in [-0.05, 0) is 50.7 Å². The normalized spacial score (nSPS) is 19.7. The van der Waals surface area contributed by atoms with Gasteiger partial charge in [-0.25, -0.2) is 0 Å². The number of amides is 2. The van der Waals surface area contributed by atoms with E-state index in [9.17, 15) is 9.59 Å². The lowest BCUT2D eigenvalue weighted by Crippen LogP contribution is -2.45. The Bertz CT molecular complexity index is 610. The van der Waals surface area contributed by atoms with Crippen molar-refractivity contribution in [3.8, 4) is 0 Å². The van der Waals surface area contributed by atoms with Crippen LogP contribution in [0.4, 0.5) is 5.69 Å². The Kier molecular flexibility index (Phi) is 5.74. The van der Waals surface area contributed by atoms with E-state index in [2.05, 4.69) is 5.32 Å². The molecule has 2 aliphatic rings. The number of piperidine rings is 1. The van der Waals surface area contributed by atoms with Crippen molar-refractivity contribution >= 4 is 17.5 Å². The van der Waals surface area contributed by atoms with E-state index >= 15 is 0 Å². The predicted octanol–water partition coefficient (Wildman–Crippen LogP) is 2.91. The van der Waals surface area contributed by atoms with E-state index in [1.165, 1.54) is 0 Å². The highest BCUT2D eigenvalue weighted by Crippen LogP contribution is 2.25. The lowest BCUT2D eigenvalue weighted by molar-refractivity contribution is -0.141. The SMILES string of the molecule is Cc1cccc(C)c1NC(=O)C1CCN(C(=O)C2CCOCC2)CC1. The summed E-state index contributed by atoms with van der Waals surface area (Å²) in [6, 6.07) is 6.02. The zero-order valence-electron chi connectivity index (χ0n) is 15.2. The maximum atomic E-state index is 12.6. The third kappa shape index (κ3) is 4.21. The van der Waals surface area contributed by atoms with Gasteiger partial charge in [0.15, 0.2) is 0 Å². The van der Waals surface area contributed by atoms with Gasteiger partial charge >= 0.3 is 0 Å². The maximum absolute atomic E-state index is 12.6. The van der Waals surface area contributed by atoms with Crippen molar-refractivity contribution in [3.05, 3.63) is 29.3 Å². The Balaban J connectivity index is 1.53. The third-order valence-corrected chi connectivity index (χ3v) is 5.48. The van der Waals surface area contributed by atoms with Gasteiger partial charge in [-0.3, -0.25) is 9.59 Å². The van der Waals surface area contributed by atoms with Crippen molar-refractivity contribution in [1.82, 2.24) is 4.90 Å². The number of hydrogen-bond donors (Lipinski definition) is 1. The van der Waals surface area contributed by atoms with E-state index in [1.54, 1.807) is 0 Å². The molecular formula is C20H28N2O3. The summed E-state index contributed by atoms with van der Waals surface area (Å²) >= 11 is 0. The van der Waals surface area contributed by atoms with Crippen molar-refractivity contribution in [1.29, 1.82) is 0 Å². The summed E-state index contributed by atoms with van der Waals surface area (Å²) in [4.78, 5) is 27.1. The predicted molar refractivity (Wildman–Crippen MR) is 97.4 cm³/mol. The van der Waals surface area contributed by atoms with Crippen LogP contribution in [-0.4, -0.2) is 43.0 Å². The van der Waals surface area contributed by atoms with Crippen LogP contribution in [0.5, 0.6) is 0 Å². The number of rotatable bonds is 3. The first-order chi connectivity index (χ1) is 12.1. The molecule has 136 valence electrons. The average Bonchev–Trinajstić information content (AvgIpc) is 2.65. The van der Waals surface area contributed by atoms with Crippen molar-refractivity contribution in [2.24, 2.45) is 11.8 Å². The number of aryl methyl sites for hydroxylation is 2. The molecule has 2 aliphatic heterocycles. The second kappa shape index (κ2) is 8.00. The highest BCUT2D eigenvalue weighted by atomic mass is 16.5. The molecular weight excluding hydrogens is 316 g/mol. The molecule has 0 aliphatic carbocycles. The van der Waals surface area contributed by atoms with Crippen molar-refractivity contribution in [2.75, 3.05) is 31.6 Å². The lowest BCUT2D eigenvalue weighted by atomic mass is 9.92. The van der Waals surface area contributed by atoms with Crippen molar-refractivity contribution in [2.45, 2.75) is 39.5 Å². The molecule has 2 amide bonds. The minimum absolute atomic E-state index is 0.0160. The van der Waals surface area contributed by atoms with E-state index in [0.29, 0.717) is 26.3 Å². The Hall–Kier alpha value is -1.88. The first-order valence-electron chi connectivity index (χ1n) is 9.30. The average molecular weight is 344 g/mol. The van der Waals surface area contributed by atoms with Gasteiger partial charge in [0.2, 0.25) is 11.8 Å². The first-order valence-corrected chi connectivity index (χ1v) is 9.30. The molecule has 5 heteroatoms. The monoisotopic (exact) mass is 344 g/mol. The van der Waals surface area contributed by atoms with Gasteiger partial charge in [0.25, 0.3) is 0 Å². The van der Waals surface area contributed by atoms with Crippen LogP contribution in [0.1, 0.15) is 36.8 Å². The summed E-state index contributed by atoms with van der Waals surface area (Å²) in [6.07, 6.45) is 3.13. The highest BCUT2D eigenvalue weighted by Gasteiger charge is 2.31. The molecule has 1 aromatic rings. The molecule has 0 radical (unpaired) electrons. The van der Waals surface area contributed by atoms with E-state index < -0.39 is 0 Å². The number of carbonyl (C=O) groups is 2. The van der Waals surface area contributed by atoms with Crippen LogP contribution >= 0.6 is 0 Å². The van der Waals surface area contributed by atoms with Crippen molar-refractivity contribution in [3.63, 3.8) is 0 Å². The Morgan fingerprint density at radius 2 is 1.60 bits per heavy atom. The quantitative estimate of drug-likeness (QED) is 0.917. The van der Waals surface area contributed by atoms with E-state index in [0.717, 1.165) is 42.5 Å². The number of carbonyl (C=O) groups excluding carboxylic acids is 2. The molecule has 0 unspecified atom stereocenters. The minimum atomic E-state index is -0.0160. The number of hydrogen-bond acceptors (Lipinski definition) is 3. The van der Waals surface area contributed by atoms with Crippen LogP contribution in [0, 0.1) is 25.7 Å². The zero-order valence-corrected chi connectivity index (χ0v) is 15.2. The van der Waals surface area contributed by atoms with Crippen LogP contribution in [-0.2, 0) is 14.3 Å². The van der Waals surface area contributed by atoms with E-state index in [-0.39, 0.29) is 23.7 Å². The lowest BCUT2D eigenvalue weighted by Gasteiger charge is -2.34. The topological polar surface area (TPSA) is 58.6 Å². The molecule has 0 saturated carbocycles. The summed E-state index contributed by atoms with van der Waals surface area (Å²) in [5.74, 6) is 0.416. The summed E-state index contributed by atoms with van der Waals surface area (Å²) in [6.45, 7) is 6.76. The molecule has 2 heterocycles. The number of ether oxygens (including phenoxy) is 1. The molecule has 0 bridgehead atoms. The second-order valence-electron chi connectivity index (χ2n) is 7.24. The molecule has 3 rings (SSSR count). The Labute approximate surface area is 149 Å². The summed E-state index contributed by atoms with van der Waals surface area (Å²) in [5.41, 5.74) is 3.09. The molecule has 0 aromatic heterocycles. The van der Waals surface area contributed by atoms with E-state index in [1.807, 2.05) is 36.9 Å². The standard InChI is InChI=1S/C20H28N2O3/c1-14-4-3-5-15(2)18(14)21-19(23)16-6-10-22(11-7-16)20(24)17-8-12-25-13-9-17/h3-5,16-17H,6-13H2,1-2H3,(H,21,23). The number of benzene rings is 1. The molecule has 0 spiro atoms. The molecule has 5 nitrogen and oxygen atoms in total. The number of likely N-dealkylation sites (tertiary alicyclic amines) is 1. The fraction of sp³-hybridized carbons (Fsp3) is 0.600. The number of para-hydroxylation sites is 1. The van der Waals surface area contributed by atoms with Crippen LogP contribution in [0.15, 0.2) is 18.2 Å². The summed E-state index contributed by atoms with van der Waals surface area (Å²) in [7, 11) is 0. The largest absolute Gasteiger partial charge is 0.381 e. The first kappa shape index (κ1) is 17.9.